The molecular weight excluding hydrogens is 167 g/mol. The molecular formula is C8H21AlOSi. The molecule has 0 spiro atoms. The second-order valence-electron chi connectivity index (χ2n) is 4.22. The van der Waals surface area contributed by atoms with E-state index in [-0.39, 0.29) is 17.4 Å². The van der Waals surface area contributed by atoms with E-state index in [1.807, 2.05) is 0 Å². The Balaban J connectivity index is 0.000001000. The van der Waals surface area contributed by atoms with Crippen molar-refractivity contribution in [3.63, 3.8) is 0 Å². The largest absolute Gasteiger partial charge is 0.420 e. The van der Waals surface area contributed by atoms with Gasteiger partial charge in [-0.2, -0.15) is 0 Å². The van der Waals surface area contributed by atoms with Crippen molar-refractivity contribution in [3.8, 4) is 0 Å². The van der Waals surface area contributed by atoms with Crippen molar-refractivity contribution >= 4 is 26.4 Å². The Morgan fingerprint density at radius 2 is 1.82 bits per heavy atom. The lowest BCUT2D eigenvalue weighted by molar-refractivity contribution is 0.270. The third-order valence-corrected chi connectivity index (χ3v) is 5.65. The highest BCUT2D eigenvalue weighted by molar-refractivity contribution is 6.55. The SMILES string of the molecule is CC(C)(C)[SiH]1CCCCO1.[AlH3]. The average Bonchev–Trinajstić information content (AvgIpc) is 1.88. The zero-order valence-corrected chi connectivity index (χ0v) is 8.47. The highest BCUT2D eigenvalue weighted by Crippen LogP contribution is 2.32. The molecule has 0 aromatic rings. The quantitative estimate of drug-likeness (QED) is 0.518. The Morgan fingerprint density at radius 3 is 2.09 bits per heavy atom. The molecule has 0 aliphatic carbocycles. The van der Waals surface area contributed by atoms with Gasteiger partial charge in [0.05, 0.1) is 0 Å². The van der Waals surface area contributed by atoms with E-state index in [1.165, 1.54) is 18.9 Å². The standard InChI is InChI=1S/C8H18OSi.Al.3H/c1-8(2,3)10-7-5-4-6-9-10;;;;/h10H,4-7H2,1-3H3;;;;. The molecule has 1 aliphatic rings. The first-order valence-electron chi connectivity index (χ1n) is 4.22. The molecule has 0 amide bonds. The minimum Gasteiger partial charge on any atom is -0.420 e. The summed E-state index contributed by atoms with van der Waals surface area (Å²) in [5, 5.41) is 0.487. The number of rotatable bonds is 0. The van der Waals surface area contributed by atoms with E-state index in [1.54, 1.807) is 0 Å². The first kappa shape index (κ1) is 11.7. The Hall–Kier alpha value is 0.709. The molecule has 0 aromatic carbocycles. The molecule has 1 saturated heterocycles. The smallest absolute Gasteiger partial charge is 0.187 e. The van der Waals surface area contributed by atoms with Crippen LogP contribution in [0.15, 0.2) is 0 Å². The van der Waals surface area contributed by atoms with E-state index in [4.69, 9.17) is 4.43 Å². The molecule has 3 heteroatoms. The summed E-state index contributed by atoms with van der Waals surface area (Å²) in [6.45, 7) is 7.98. The molecule has 0 N–H and O–H groups in total. The topological polar surface area (TPSA) is 9.23 Å². The van der Waals surface area contributed by atoms with Crippen LogP contribution >= 0.6 is 0 Å². The minimum atomic E-state index is -0.814. The van der Waals surface area contributed by atoms with E-state index in [9.17, 15) is 0 Å². The van der Waals surface area contributed by atoms with Gasteiger partial charge in [-0.3, -0.25) is 0 Å². The maximum Gasteiger partial charge on any atom is 0.187 e. The van der Waals surface area contributed by atoms with Crippen LogP contribution in [0.2, 0.25) is 11.1 Å². The van der Waals surface area contributed by atoms with Gasteiger partial charge in [0.1, 0.15) is 0 Å². The fourth-order valence-electron chi connectivity index (χ4n) is 1.42. The Kier molecular flexibility index (Phi) is 4.97. The van der Waals surface area contributed by atoms with Crippen molar-refractivity contribution in [1.29, 1.82) is 0 Å². The second kappa shape index (κ2) is 4.67. The van der Waals surface area contributed by atoms with Crippen LogP contribution in [-0.2, 0) is 4.43 Å². The van der Waals surface area contributed by atoms with Crippen molar-refractivity contribution < 1.29 is 4.43 Å². The number of hydrogen-bond donors (Lipinski definition) is 0. The zero-order chi connectivity index (χ0) is 7.61. The monoisotopic (exact) mass is 188 g/mol. The molecule has 66 valence electrons. The second-order valence-corrected chi connectivity index (χ2v) is 7.84. The molecule has 0 radical (unpaired) electrons. The third-order valence-electron chi connectivity index (χ3n) is 2.15. The van der Waals surface area contributed by atoms with Gasteiger partial charge in [0.25, 0.3) is 0 Å². The molecule has 11 heavy (non-hydrogen) atoms. The van der Waals surface area contributed by atoms with E-state index < -0.39 is 9.04 Å². The van der Waals surface area contributed by atoms with Crippen LogP contribution in [0, 0.1) is 0 Å². The van der Waals surface area contributed by atoms with E-state index in [0.717, 1.165) is 6.61 Å². The highest BCUT2D eigenvalue weighted by atomic mass is 28.3. The Morgan fingerprint density at radius 1 is 1.18 bits per heavy atom. The van der Waals surface area contributed by atoms with Crippen LogP contribution in [-0.4, -0.2) is 33.0 Å². The van der Waals surface area contributed by atoms with Crippen molar-refractivity contribution in [2.24, 2.45) is 0 Å². The molecule has 1 rings (SSSR count). The van der Waals surface area contributed by atoms with Crippen molar-refractivity contribution in [1.82, 2.24) is 0 Å². The van der Waals surface area contributed by atoms with Crippen LogP contribution in [0.5, 0.6) is 0 Å². The molecule has 1 fully saturated rings. The Bertz CT molecular complexity index is 105. The lowest BCUT2D eigenvalue weighted by Gasteiger charge is -2.31. The Labute approximate surface area is 82.4 Å². The van der Waals surface area contributed by atoms with E-state index >= 15 is 0 Å². The minimum absolute atomic E-state index is 0. The van der Waals surface area contributed by atoms with Crippen molar-refractivity contribution in [2.45, 2.75) is 44.7 Å². The van der Waals surface area contributed by atoms with E-state index in [2.05, 4.69) is 20.8 Å². The normalized spacial score (nSPS) is 25.9. The molecule has 0 aromatic heterocycles. The molecule has 1 heterocycles. The van der Waals surface area contributed by atoms with Gasteiger partial charge in [0, 0.05) is 6.61 Å². The molecule has 0 bridgehead atoms. The van der Waals surface area contributed by atoms with Crippen molar-refractivity contribution in [2.75, 3.05) is 6.61 Å². The van der Waals surface area contributed by atoms with Gasteiger partial charge in [-0.15, -0.1) is 0 Å². The van der Waals surface area contributed by atoms with Crippen molar-refractivity contribution in [3.05, 3.63) is 0 Å². The lowest BCUT2D eigenvalue weighted by atomic mass is 10.2. The third kappa shape index (κ3) is 3.75. The predicted octanol–water partition coefficient (Wildman–Crippen LogP) is 1.14. The van der Waals surface area contributed by atoms with Gasteiger partial charge >= 0.3 is 0 Å². The van der Waals surface area contributed by atoms with Gasteiger partial charge in [-0.25, -0.2) is 0 Å². The van der Waals surface area contributed by atoms with Gasteiger partial charge in [-0.1, -0.05) is 27.2 Å². The predicted molar refractivity (Wildman–Crippen MR) is 56.8 cm³/mol. The summed E-state index contributed by atoms with van der Waals surface area (Å²) >= 11 is 0. The summed E-state index contributed by atoms with van der Waals surface area (Å²) in [6, 6.07) is 1.39. The summed E-state index contributed by atoms with van der Waals surface area (Å²) in [4.78, 5) is 0. The van der Waals surface area contributed by atoms with Crippen LogP contribution in [0.4, 0.5) is 0 Å². The zero-order valence-electron chi connectivity index (χ0n) is 7.31. The van der Waals surface area contributed by atoms with Gasteiger partial charge in [0.2, 0.25) is 0 Å². The summed E-state index contributed by atoms with van der Waals surface area (Å²) in [5.41, 5.74) is 0. The average molecular weight is 188 g/mol. The molecule has 1 nitrogen and oxygen atoms in total. The highest BCUT2D eigenvalue weighted by Gasteiger charge is 2.29. The summed E-state index contributed by atoms with van der Waals surface area (Å²) in [6.07, 6.45) is 2.70. The first-order chi connectivity index (χ1) is 4.61. The summed E-state index contributed by atoms with van der Waals surface area (Å²) < 4.78 is 5.78. The van der Waals surface area contributed by atoms with Crippen LogP contribution in [0.3, 0.4) is 0 Å². The molecule has 1 unspecified atom stereocenters. The summed E-state index contributed by atoms with van der Waals surface area (Å²) in [5.74, 6) is 0. The molecule has 1 atom stereocenters. The molecule has 0 saturated carbocycles. The summed E-state index contributed by atoms with van der Waals surface area (Å²) in [7, 11) is -0.814. The molecule has 1 aliphatic heterocycles. The fourth-order valence-corrected chi connectivity index (χ4v) is 4.07. The van der Waals surface area contributed by atoms with Crippen LogP contribution < -0.4 is 0 Å². The maximum absolute atomic E-state index is 5.78. The van der Waals surface area contributed by atoms with Gasteiger partial charge in [-0.05, 0) is 17.5 Å². The lowest BCUT2D eigenvalue weighted by Crippen LogP contribution is -2.32. The van der Waals surface area contributed by atoms with Gasteiger partial charge in [0.15, 0.2) is 26.4 Å². The fraction of sp³-hybridized carbons (Fsp3) is 1.00. The van der Waals surface area contributed by atoms with E-state index in [0.29, 0.717) is 5.04 Å². The maximum atomic E-state index is 5.78. The van der Waals surface area contributed by atoms with Crippen LogP contribution in [0.25, 0.3) is 0 Å². The number of hydrogen-bond acceptors (Lipinski definition) is 1. The first-order valence-corrected chi connectivity index (χ1v) is 6.09. The van der Waals surface area contributed by atoms with Crippen LogP contribution in [0.1, 0.15) is 33.6 Å². The van der Waals surface area contributed by atoms with Gasteiger partial charge < -0.3 is 4.43 Å².